The molecule has 1 aliphatic rings. The maximum absolute atomic E-state index is 5.87. The molecule has 0 saturated carbocycles. The predicted molar refractivity (Wildman–Crippen MR) is 59.7 cm³/mol. The van der Waals surface area contributed by atoms with Gasteiger partial charge in [0.15, 0.2) is 0 Å². The van der Waals surface area contributed by atoms with E-state index in [4.69, 9.17) is 23.2 Å². The highest BCUT2D eigenvalue weighted by Crippen LogP contribution is 2.26. The lowest BCUT2D eigenvalue weighted by Crippen LogP contribution is -2.27. The molecule has 14 heavy (non-hydrogen) atoms. The van der Waals surface area contributed by atoms with Gasteiger partial charge < -0.3 is 5.32 Å². The third-order valence-corrected chi connectivity index (χ3v) is 2.23. The summed E-state index contributed by atoms with van der Waals surface area (Å²) in [7, 11) is 0. The summed E-state index contributed by atoms with van der Waals surface area (Å²) in [5, 5.41) is 2.99. The van der Waals surface area contributed by atoms with Crippen LogP contribution in [0.15, 0.2) is 47.6 Å². The van der Waals surface area contributed by atoms with Crippen molar-refractivity contribution in [3.05, 3.63) is 48.2 Å². The SMILES string of the molecule is ClC1(Cl)C=CNC(c2ccccc2)=N1. The monoisotopic (exact) mass is 226 g/mol. The van der Waals surface area contributed by atoms with Crippen LogP contribution in [0.5, 0.6) is 0 Å². The van der Waals surface area contributed by atoms with Crippen molar-refractivity contribution in [1.29, 1.82) is 0 Å². The van der Waals surface area contributed by atoms with Gasteiger partial charge >= 0.3 is 0 Å². The topological polar surface area (TPSA) is 24.4 Å². The zero-order valence-corrected chi connectivity index (χ0v) is 8.76. The normalized spacial score (nSPS) is 18.6. The third kappa shape index (κ3) is 2.08. The van der Waals surface area contributed by atoms with Crippen LogP contribution in [-0.4, -0.2) is 10.3 Å². The molecule has 0 bridgehead atoms. The van der Waals surface area contributed by atoms with Gasteiger partial charge in [0.1, 0.15) is 5.84 Å². The highest BCUT2D eigenvalue weighted by Gasteiger charge is 2.22. The zero-order chi connectivity index (χ0) is 10.0. The van der Waals surface area contributed by atoms with Crippen molar-refractivity contribution in [2.24, 2.45) is 4.99 Å². The van der Waals surface area contributed by atoms with Gasteiger partial charge in [0.05, 0.1) is 0 Å². The Hall–Kier alpha value is -0.990. The van der Waals surface area contributed by atoms with Crippen LogP contribution in [0.4, 0.5) is 0 Å². The lowest BCUT2D eigenvalue weighted by Gasteiger charge is -2.18. The first-order valence-corrected chi connectivity index (χ1v) is 4.90. The minimum atomic E-state index is -1.16. The Morgan fingerprint density at radius 1 is 1.14 bits per heavy atom. The lowest BCUT2D eigenvalue weighted by atomic mass is 10.2. The second-order valence-electron chi connectivity index (χ2n) is 2.89. The van der Waals surface area contributed by atoms with E-state index >= 15 is 0 Å². The number of alkyl halides is 2. The van der Waals surface area contributed by atoms with Gasteiger partial charge in [-0.15, -0.1) is 0 Å². The number of benzene rings is 1. The largest absolute Gasteiger partial charge is 0.347 e. The molecule has 0 radical (unpaired) electrons. The molecule has 0 spiro atoms. The summed E-state index contributed by atoms with van der Waals surface area (Å²) in [6.07, 6.45) is 3.28. The van der Waals surface area contributed by atoms with Gasteiger partial charge in [0, 0.05) is 11.8 Å². The summed E-state index contributed by atoms with van der Waals surface area (Å²) >= 11 is 11.7. The summed E-state index contributed by atoms with van der Waals surface area (Å²) < 4.78 is -1.16. The second-order valence-corrected chi connectivity index (χ2v) is 4.24. The third-order valence-electron chi connectivity index (χ3n) is 1.81. The molecular weight excluding hydrogens is 219 g/mol. The first-order valence-electron chi connectivity index (χ1n) is 4.15. The Kier molecular flexibility index (Phi) is 2.48. The Morgan fingerprint density at radius 3 is 2.50 bits per heavy atom. The van der Waals surface area contributed by atoms with Crippen molar-refractivity contribution in [3.63, 3.8) is 0 Å². The van der Waals surface area contributed by atoms with Crippen molar-refractivity contribution in [2.75, 3.05) is 0 Å². The fourth-order valence-electron chi connectivity index (χ4n) is 1.18. The molecule has 0 unspecified atom stereocenters. The Labute approximate surface area is 92.2 Å². The molecular formula is C10H8Cl2N2. The van der Waals surface area contributed by atoms with Crippen molar-refractivity contribution in [2.45, 2.75) is 4.46 Å². The quantitative estimate of drug-likeness (QED) is 0.578. The van der Waals surface area contributed by atoms with Crippen LogP contribution in [0, 0.1) is 0 Å². The average Bonchev–Trinajstić information content (AvgIpc) is 2.18. The Bertz CT molecular complexity index is 382. The molecule has 1 aliphatic heterocycles. The van der Waals surface area contributed by atoms with Gasteiger partial charge in [-0.2, -0.15) is 0 Å². The number of nitrogens with zero attached hydrogens (tertiary/aromatic N) is 1. The summed E-state index contributed by atoms with van der Waals surface area (Å²) in [5.41, 5.74) is 0.961. The highest BCUT2D eigenvalue weighted by molar-refractivity contribution is 6.50. The predicted octanol–water partition coefficient (Wildman–Crippen LogP) is 2.68. The smallest absolute Gasteiger partial charge is 0.230 e. The number of rotatable bonds is 1. The Morgan fingerprint density at radius 2 is 1.86 bits per heavy atom. The summed E-state index contributed by atoms with van der Waals surface area (Å²) in [6, 6.07) is 9.69. The van der Waals surface area contributed by atoms with Crippen LogP contribution in [0.1, 0.15) is 5.56 Å². The molecule has 2 nitrogen and oxygen atoms in total. The van der Waals surface area contributed by atoms with Gasteiger partial charge in [-0.05, 0) is 6.08 Å². The van der Waals surface area contributed by atoms with Gasteiger partial charge in [-0.25, -0.2) is 4.99 Å². The molecule has 0 aliphatic carbocycles. The molecule has 72 valence electrons. The van der Waals surface area contributed by atoms with Crippen molar-refractivity contribution in [1.82, 2.24) is 5.32 Å². The molecule has 1 aromatic carbocycles. The first kappa shape index (κ1) is 9.56. The van der Waals surface area contributed by atoms with Gasteiger partial charge in [0.25, 0.3) is 0 Å². The number of halogens is 2. The number of aliphatic imine (C=N–C) groups is 1. The van der Waals surface area contributed by atoms with Gasteiger partial charge in [-0.1, -0.05) is 53.5 Å². The van der Waals surface area contributed by atoms with Crippen LogP contribution >= 0.6 is 23.2 Å². The van der Waals surface area contributed by atoms with Crippen LogP contribution in [0.3, 0.4) is 0 Å². The second kappa shape index (κ2) is 3.64. The van der Waals surface area contributed by atoms with Crippen molar-refractivity contribution < 1.29 is 0 Å². The van der Waals surface area contributed by atoms with E-state index in [9.17, 15) is 0 Å². The van der Waals surface area contributed by atoms with E-state index < -0.39 is 4.46 Å². The number of hydrogen-bond donors (Lipinski definition) is 1. The van der Waals surface area contributed by atoms with Gasteiger partial charge in [0.2, 0.25) is 4.46 Å². The molecule has 0 fully saturated rings. The average molecular weight is 227 g/mol. The molecule has 4 heteroatoms. The molecule has 0 amide bonds. The zero-order valence-electron chi connectivity index (χ0n) is 7.24. The number of amidine groups is 1. The van der Waals surface area contributed by atoms with E-state index in [-0.39, 0.29) is 0 Å². The molecule has 0 saturated heterocycles. The fourth-order valence-corrected chi connectivity index (χ4v) is 1.48. The summed E-state index contributed by atoms with van der Waals surface area (Å²) in [5.74, 6) is 0.679. The molecule has 1 heterocycles. The number of hydrogen-bond acceptors (Lipinski definition) is 2. The van der Waals surface area contributed by atoms with Crippen LogP contribution in [0.2, 0.25) is 0 Å². The molecule has 0 aromatic heterocycles. The Balaban J connectivity index is 2.33. The minimum absolute atomic E-state index is 0.679. The van der Waals surface area contributed by atoms with Crippen LogP contribution < -0.4 is 5.32 Å². The maximum Gasteiger partial charge on any atom is 0.230 e. The molecule has 1 aromatic rings. The highest BCUT2D eigenvalue weighted by atomic mass is 35.5. The van der Waals surface area contributed by atoms with E-state index in [2.05, 4.69) is 10.3 Å². The molecule has 0 atom stereocenters. The molecule has 2 rings (SSSR count). The van der Waals surface area contributed by atoms with Crippen molar-refractivity contribution >= 4 is 29.0 Å². The van der Waals surface area contributed by atoms with E-state index in [1.54, 1.807) is 12.3 Å². The van der Waals surface area contributed by atoms with Crippen LogP contribution in [-0.2, 0) is 0 Å². The maximum atomic E-state index is 5.87. The van der Waals surface area contributed by atoms with E-state index in [0.717, 1.165) is 5.56 Å². The lowest BCUT2D eigenvalue weighted by molar-refractivity contribution is 0.973. The van der Waals surface area contributed by atoms with Gasteiger partial charge in [-0.3, -0.25) is 0 Å². The standard InChI is InChI=1S/C10H8Cl2N2/c11-10(12)6-7-13-9(14-10)8-4-2-1-3-5-8/h1-7H,(H,13,14). The van der Waals surface area contributed by atoms with E-state index in [1.807, 2.05) is 30.3 Å². The van der Waals surface area contributed by atoms with Crippen molar-refractivity contribution in [3.8, 4) is 0 Å². The van der Waals surface area contributed by atoms with E-state index in [1.165, 1.54) is 0 Å². The first-order chi connectivity index (χ1) is 6.67. The number of nitrogens with one attached hydrogen (secondary N) is 1. The molecule has 1 N–H and O–H groups in total. The fraction of sp³-hybridized carbons (Fsp3) is 0.100. The summed E-state index contributed by atoms with van der Waals surface area (Å²) in [6.45, 7) is 0. The summed E-state index contributed by atoms with van der Waals surface area (Å²) in [4.78, 5) is 4.13. The van der Waals surface area contributed by atoms with Crippen LogP contribution in [0.25, 0.3) is 0 Å². The van der Waals surface area contributed by atoms with E-state index in [0.29, 0.717) is 5.84 Å². The minimum Gasteiger partial charge on any atom is -0.347 e.